The Morgan fingerprint density at radius 1 is 1.12 bits per heavy atom. The predicted molar refractivity (Wildman–Crippen MR) is 99.1 cm³/mol. The van der Waals surface area contributed by atoms with E-state index in [1.807, 2.05) is 6.07 Å². The van der Waals surface area contributed by atoms with E-state index in [0.29, 0.717) is 21.2 Å². The summed E-state index contributed by atoms with van der Waals surface area (Å²) in [6.07, 6.45) is -0.994. The Morgan fingerprint density at radius 2 is 1.77 bits per heavy atom. The molecule has 0 aromatic heterocycles. The van der Waals surface area contributed by atoms with E-state index >= 15 is 0 Å². The molecule has 26 heavy (non-hydrogen) atoms. The Labute approximate surface area is 161 Å². The van der Waals surface area contributed by atoms with Gasteiger partial charge in [-0.15, -0.1) is 0 Å². The lowest BCUT2D eigenvalue weighted by molar-refractivity contribution is -0.129. The zero-order valence-electron chi connectivity index (χ0n) is 14.1. The van der Waals surface area contributed by atoms with E-state index in [-0.39, 0.29) is 11.6 Å². The smallest absolute Gasteiger partial charge is 0.338 e. The molecule has 0 saturated heterocycles. The summed E-state index contributed by atoms with van der Waals surface area (Å²) in [7, 11) is 0. The molecule has 0 aliphatic carbocycles. The lowest BCUT2D eigenvalue weighted by Crippen LogP contribution is -2.37. The minimum absolute atomic E-state index is 0.262. The molecule has 0 fully saturated rings. The van der Waals surface area contributed by atoms with Crippen LogP contribution in [-0.4, -0.2) is 18.0 Å². The van der Waals surface area contributed by atoms with Gasteiger partial charge >= 0.3 is 5.97 Å². The number of esters is 1. The summed E-state index contributed by atoms with van der Waals surface area (Å²) in [5.74, 6) is -1.10. The molecule has 0 aliphatic rings. The number of nitrogens with zero attached hydrogens (tertiary/aromatic N) is 1. The van der Waals surface area contributed by atoms with Crippen molar-refractivity contribution in [1.82, 2.24) is 5.32 Å². The summed E-state index contributed by atoms with van der Waals surface area (Å²) < 4.78 is 5.17. The van der Waals surface area contributed by atoms with E-state index in [1.165, 1.54) is 31.2 Å². The average molecular weight is 391 g/mol. The normalized spacial score (nSPS) is 12.6. The molecule has 0 aliphatic heterocycles. The number of rotatable bonds is 5. The molecule has 1 amide bonds. The Balaban J connectivity index is 1.98. The zero-order valence-corrected chi connectivity index (χ0v) is 15.6. The number of benzene rings is 2. The third-order valence-electron chi connectivity index (χ3n) is 3.69. The average Bonchev–Trinajstić information content (AvgIpc) is 2.61. The van der Waals surface area contributed by atoms with Crippen LogP contribution in [0.4, 0.5) is 0 Å². The summed E-state index contributed by atoms with van der Waals surface area (Å²) in [6.45, 7) is 3.25. The fourth-order valence-corrected chi connectivity index (χ4v) is 2.80. The zero-order chi connectivity index (χ0) is 19.3. The molecular formula is C19H16Cl2N2O3. The molecule has 0 heterocycles. The van der Waals surface area contributed by atoms with Crippen molar-refractivity contribution in [1.29, 1.82) is 5.26 Å². The second-order valence-corrected chi connectivity index (χ2v) is 6.48. The number of nitrogens with one attached hydrogen (secondary N) is 1. The third-order valence-corrected chi connectivity index (χ3v) is 4.25. The number of carbonyl (C=O) groups is 2. The number of ether oxygens (including phenoxy) is 1. The number of hydrogen-bond donors (Lipinski definition) is 1. The number of hydrogen-bond acceptors (Lipinski definition) is 4. The quantitative estimate of drug-likeness (QED) is 0.772. The molecule has 5 nitrogen and oxygen atoms in total. The summed E-state index contributed by atoms with van der Waals surface area (Å²) in [5.41, 5.74) is 1.40. The molecule has 0 saturated carbocycles. The lowest BCUT2D eigenvalue weighted by atomic mass is 10.1. The summed E-state index contributed by atoms with van der Waals surface area (Å²) in [4.78, 5) is 24.4. The van der Waals surface area contributed by atoms with Crippen LogP contribution in [-0.2, 0) is 9.53 Å². The first-order valence-electron chi connectivity index (χ1n) is 7.78. The standard InChI is InChI=1S/C19H16Cl2N2O3/c1-11(16-8-7-15(20)9-17(16)21)23-18(24)12(2)26-19(25)14-5-3-13(10-22)4-6-14/h3-9,11-12H,1-2H3,(H,23,24)/t11-,12+/m1/s1. The Kier molecular flexibility index (Phi) is 6.62. The van der Waals surface area contributed by atoms with Crippen molar-refractivity contribution < 1.29 is 14.3 Å². The highest BCUT2D eigenvalue weighted by Crippen LogP contribution is 2.26. The van der Waals surface area contributed by atoms with Gasteiger partial charge in [0.2, 0.25) is 0 Å². The van der Waals surface area contributed by atoms with Crippen LogP contribution < -0.4 is 5.32 Å². The molecule has 0 spiro atoms. The minimum Gasteiger partial charge on any atom is -0.449 e. The van der Waals surface area contributed by atoms with Crippen LogP contribution in [0.5, 0.6) is 0 Å². The molecule has 7 heteroatoms. The molecule has 2 aromatic carbocycles. The molecule has 134 valence electrons. The number of halogens is 2. The van der Waals surface area contributed by atoms with Gasteiger partial charge in [0.1, 0.15) is 0 Å². The van der Waals surface area contributed by atoms with Crippen LogP contribution in [0.15, 0.2) is 42.5 Å². The first-order valence-corrected chi connectivity index (χ1v) is 8.54. The topological polar surface area (TPSA) is 79.2 Å². The highest BCUT2D eigenvalue weighted by atomic mass is 35.5. The Hall–Kier alpha value is -2.55. The van der Waals surface area contributed by atoms with E-state index in [9.17, 15) is 9.59 Å². The Bertz CT molecular complexity index is 860. The second kappa shape index (κ2) is 8.70. The van der Waals surface area contributed by atoms with Gasteiger partial charge in [0.15, 0.2) is 6.10 Å². The third kappa shape index (κ3) is 4.98. The maximum atomic E-state index is 12.3. The summed E-state index contributed by atoms with van der Waals surface area (Å²) in [5, 5.41) is 12.4. The van der Waals surface area contributed by atoms with Crippen molar-refractivity contribution in [2.75, 3.05) is 0 Å². The predicted octanol–water partition coefficient (Wildman–Crippen LogP) is 4.29. The van der Waals surface area contributed by atoms with Crippen LogP contribution in [0.3, 0.4) is 0 Å². The van der Waals surface area contributed by atoms with Crippen molar-refractivity contribution in [2.24, 2.45) is 0 Å². The van der Waals surface area contributed by atoms with E-state index in [4.69, 9.17) is 33.2 Å². The fraction of sp³-hybridized carbons (Fsp3) is 0.211. The highest BCUT2D eigenvalue weighted by Gasteiger charge is 2.21. The van der Waals surface area contributed by atoms with Crippen molar-refractivity contribution in [3.05, 3.63) is 69.2 Å². The van der Waals surface area contributed by atoms with E-state index in [0.717, 1.165) is 0 Å². The molecule has 0 radical (unpaired) electrons. The monoisotopic (exact) mass is 390 g/mol. The second-order valence-electron chi connectivity index (χ2n) is 5.63. The Morgan fingerprint density at radius 3 is 2.35 bits per heavy atom. The van der Waals surface area contributed by atoms with Crippen LogP contribution in [0.25, 0.3) is 0 Å². The highest BCUT2D eigenvalue weighted by molar-refractivity contribution is 6.35. The molecule has 2 rings (SSSR count). The van der Waals surface area contributed by atoms with Crippen molar-refractivity contribution in [3.8, 4) is 6.07 Å². The van der Waals surface area contributed by atoms with E-state index in [1.54, 1.807) is 25.1 Å². The summed E-state index contributed by atoms with van der Waals surface area (Å²) >= 11 is 12.0. The van der Waals surface area contributed by atoms with Gasteiger partial charge < -0.3 is 10.1 Å². The van der Waals surface area contributed by atoms with E-state index < -0.39 is 18.0 Å². The van der Waals surface area contributed by atoms with Gasteiger partial charge in [0.05, 0.1) is 23.2 Å². The lowest BCUT2D eigenvalue weighted by Gasteiger charge is -2.19. The van der Waals surface area contributed by atoms with Crippen molar-refractivity contribution >= 4 is 35.1 Å². The molecule has 2 atom stereocenters. The van der Waals surface area contributed by atoms with Crippen molar-refractivity contribution in [2.45, 2.75) is 26.0 Å². The maximum Gasteiger partial charge on any atom is 0.338 e. The molecular weight excluding hydrogens is 375 g/mol. The van der Waals surface area contributed by atoms with Gasteiger partial charge in [0.25, 0.3) is 5.91 Å². The SMILES string of the molecule is C[C@H](OC(=O)c1ccc(C#N)cc1)C(=O)N[C@H](C)c1ccc(Cl)cc1Cl. The molecule has 0 bridgehead atoms. The fourth-order valence-electron chi connectivity index (χ4n) is 2.22. The summed E-state index contributed by atoms with van der Waals surface area (Å²) in [6, 6.07) is 12.5. The molecule has 2 aromatic rings. The van der Waals surface area contributed by atoms with Crippen LogP contribution in [0.2, 0.25) is 10.0 Å². The minimum atomic E-state index is -0.994. The molecule has 0 unspecified atom stereocenters. The van der Waals surface area contributed by atoms with Gasteiger partial charge in [-0.1, -0.05) is 29.3 Å². The van der Waals surface area contributed by atoms with Gasteiger partial charge in [-0.05, 0) is 55.8 Å². The number of carbonyl (C=O) groups excluding carboxylic acids is 2. The van der Waals surface area contributed by atoms with Crippen molar-refractivity contribution in [3.63, 3.8) is 0 Å². The number of nitriles is 1. The van der Waals surface area contributed by atoms with Gasteiger partial charge in [-0.3, -0.25) is 4.79 Å². The van der Waals surface area contributed by atoms with Gasteiger partial charge in [-0.2, -0.15) is 5.26 Å². The largest absolute Gasteiger partial charge is 0.449 e. The van der Waals surface area contributed by atoms with Crippen LogP contribution >= 0.6 is 23.2 Å². The first-order chi connectivity index (χ1) is 12.3. The first kappa shape index (κ1) is 19.8. The van der Waals surface area contributed by atoms with Crippen LogP contribution in [0.1, 0.15) is 41.4 Å². The van der Waals surface area contributed by atoms with E-state index in [2.05, 4.69) is 5.32 Å². The maximum absolute atomic E-state index is 12.3. The molecule has 1 N–H and O–H groups in total. The number of amides is 1. The van der Waals surface area contributed by atoms with Crippen LogP contribution in [0, 0.1) is 11.3 Å². The van der Waals surface area contributed by atoms with Gasteiger partial charge in [0, 0.05) is 10.0 Å². The van der Waals surface area contributed by atoms with Gasteiger partial charge in [-0.25, -0.2) is 4.79 Å².